The molecular formula is C20H19F2N7O3S. The van der Waals surface area contributed by atoms with Crippen LogP contribution in [0.2, 0.25) is 0 Å². The molecule has 0 fully saturated rings. The van der Waals surface area contributed by atoms with E-state index in [2.05, 4.69) is 20.2 Å². The first kappa shape index (κ1) is 22.5. The number of benzene rings is 1. The van der Waals surface area contributed by atoms with Crippen molar-refractivity contribution in [2.45, 2.75) is 6.54 Å². The molecule has 0 amide bonds. The normalized spacial score (nSPS) is 11.6. The van der Waals surface area contributed by atoms with Crippen molar-refractivity contribution in [2.75, 3.05) is 24.2 Å². The van der Waals surface area contributed by atoms with E-state index >= 15 is 0 Å². The molecule has 0 saturated heterocycles. The monoisotopic (exact) mass is 475 g/mol. The second-order valence-electron chi connectivity index (χ2n) is 7.20. The third-order valence-corrected chi connectivity index (χ3v) is 5.54. The zero-order valence-corrected chi connectivity index (χ0v) is 18.2. The van der Waals surface area contributed by atoms with Crippen molar-refractivity contribution in [3.63, 3.8) is 0 Å². The number of primary sulfonamides is 1. The van der Waals surface area contributed by atoms with E-state index in [-0.39, 0.29) is 36.2 Å². The fourth-order valence-corrected chi connectivity index (χ4v) is 3.63. The summed E-state index contributed by atoms with van der Waals surface area (Å²) >= 11 is 0. The van der Waals surface area contributed by atoms with Crippen LogP contribution in [-0.2, 0) is 16.6 Å². The van der Waals surface area contributed by atoms with Crippen LogP contribution in [0.25, 0.3) is 22.9 Å². The van der Waals surface area contributed by atoms with Crippen molar-refractivity contribution in [1.82, 2.24) is 24.9 Å². The lowest BCUT2D eigenvalue weighted by Gasteiger charge is -2.18. The molecule has 4 aromatic rings. The van der Waals surface area contributed by atoms with Gasteiger partial charge in [0.05, 0.1) is 24.2 Å². The van der Waals surface area contributed by atoms with Crippen molar-refractivity contribution in [1.29, 1.82) is 0 Å². The van der Waals surface area contributed by atoms with Crippen LogP contribution in [-0.4, -0.2) is 52.7 Å². The van der Waals surface area contributed by atoms with Gasteiger partial charge in [-0.3, -0.25) is 4.68 Å². The van der Waals surface area contributed by atoms with Gasteiger partial charge in [0.1, 0.15) is 23.5 Å². The lowest BCUT2D eigenvalue weighted by atomic mass is 10.2. The summed E-state index contributed by atoms with van der Waals surface area (Å²) in [5.74, 6) is -1.53. The van der Waals surface area contributed by atoms with E-state index < -0.39 is 21.7 Å². The number of nitrogens with two attached hydrogens (primary N) is 1. The summed E-state index contributed by atoms with van der Waals surface area (Å²) in [5, 5.41) is 13.4. The molecule has 3 heterocycles. The molecule has 10 nitrogen and oxygen atoms in total. The zero-order chi connectivity index (χ0) is 23.6. The maximum absolute atomic E-state index is 14.4. The number of anilines is 1. The minimum absolute atomic E-state index is 0.0713. The molecule has 172 valence electrons. The second kappa shape index (κ2) is 9.03. The third kappa shape index (κ3) is 5.21. The quantitative estimate of drug-likeness (QED) is 0.409. The Balaban J connectivity index is 1.71. The Morgan fingerprint density at radius 3 is 2.64 bits per heavy atom. The van der Waals surface area contributed by atoms with Gasteiger partial charge in [0, 0.05) is 25.2 Å². The van der Waals surface area contributed by atoms with Crippen LogP contribution >= 0.6 is 0 Å². The molecule has 0 atom stereocenters. The van der Waals surface area contributed by atoms with E-state index in [4.69, 9.17) is 9.66 Å². The molecule has 0 aliphatic heterocycles. The van der Waals surface area contributed by atoms with E-state index in [1.165, 1.54) is 29.0 Å². The van der Waals surface area contributed by atoms with Gasteiger partial charge in [-0.2, -0.15) is 5.10 Å². The highest BCUT2D eigenvalue weighted by molar-refractivity contribution is 7.89. The smallest absolute Gasteiger partial charge is 0.210 e. The molecule has 0 aliphatic rings. The number of hydrogen-bond donors (Lipinski definition) is 1. The van der Waals surface area contributed by atoms with E-state index in [9.17, 15) is 17.2 Å². The van der Waals surface area contributed by atoms with Gasteiger partial charge in [0.25, 0.3) is 0 Å². The minimum Gasteiger partial charge on any atom is -0.364 e. The standard InChI is InChI=1S/C20H19F2N7O3S/c1-28(7-9-33(23,30)31)20-15(22)11-24-19(25-20)17-10-18(16-6-8-32-27-16)29(26-17)12-13-4-2-3-5-14(13)21/h2-6,8,10-11H,7,9,12H2,1H3,(H2,23,30,31). The molecule has 3 aromatic heterocycles. The van der Waals surface area contributed by atoms with Crippen molar-refractivity contribution in [2.24, 2.45) is 5.14 Å². The molecular weight excluding hydrogens is 456 g/mol. The van der Waals surface area contributed by atoms with Crippen LogP contribution in [0.3, 0.4) is 0 Å². The first-order valence-corrected chi connectivity index (χ1v) is 11.4. The Hall–Kier alpha value is -3.71. The van der Waals surface area contributed by atoms with Gasteiger partial charge in [0.2, 0.25) is 10.0 Å². The molecule has 0 bridgehead atoms. The fourth-order valence-electron chi connectivity index (χ4n) is 3.10. The average Bonchev–Trinajstić information content (AvgIpc) is 3.43. The van der Waals surface area contributed by atoms with Crippen LogP contribution in [0.5, 0.6) is 0 Å². The van der Waals surface area contributed by atoms with Crippen molar-refractivity contribution < 1.29 is 21.7 Å². The summed E-state index contributed by atoms with van der Waals surface area (Å²) in [4.78, 5) is 9.54. The molecule has 0 aliphatic carbocycles. The first-order valence-electron chi connectivity index (χ1n) is 9.68. The fraction of sp³-hybridized carbons (Fsp3) is 0.200. The molecule has 33 heavy (non-hydrogen) atoms. The van der Waals surface area contributed by atoms with E-state index in [1.807, 2.05) is 0 Å². The van der Waals surface area contributed by atoms with Gasteiger partial charge >= 0.3 is 0 Å². The highest BCUT2D eigenvalue weighted by Gasteiger charge is 2.19. The topological polar surface area (TPSA) is 133 Å². The number of hydrogen-bond acceptors (Lipinski definition) is 8. The van der Waals surface area contributed by atoms with Crippen LogP contribution in [0, 0.1) is 11.6 Å². The SMILES string of the molecule is CN(CCS(N)(=O)=O)c1nc(-c2cc(-c3ccon3)n(Cc3ccccc3F)n2)ncc1F. The molecule has 0 radical (unpaired) electrons. The van der Waals surface area contributed by atoms with E-state index in [1.54, 1.807) is 30.3 Å². The number of rotatable bonds is 8. The van der Waals surface area contributed by atoms with E-state index in [0.717, 1.165) is 6.20 Å². The molecule has 0 saturated carbocycles. The van der Waals surface area contributed by atoms with Gasteiger partial charge < -0.3 is 9.42 Å². The van der Waals surface area contributed by atoms with Crippen molar-refractivity contribution >= 4 is 15.8 Å². The highest BCUT2D eigenvalue weighted by Crippen LogP contribution is 2.26. The third-order valence-electron chi connectivity index (χ3n) is 4.79. The number of nitrogens with zero attached hydrogens (tertiary/aromatic N) is 6. The molecule has 0 unspecified atom stereocenters. The summed E-state index contributed by atoms with van der Waals surface area (Å²) in [5.41, 5.74) is 1.66. The largest absolute Gasteiger partial charge is 0.364 e. The summed E-state index contributed by atoms with van der Waals surface area (Å²) in [6, 6.07) is 9.53. The van der Waals surface area contributed by atoms with Gasteiger partial charge in [-0.15, -0.1) is 0 Å². The van der Waals surface area contributed by atoms with E-state index in [0.29, 0.717) is 17.0 Å². The van der Waals surface area contributed by atoms with Gasteiger partial charge in [-0.25, -0.2) is 32.3 Å². The van der Waals surface area contributed by atoms with Gasteiger partial charge in [-0.1, -0.05) is 23.4 Å². The Morgan fingerprint density at radius 1 is 1.15 bits per heavy atom. The van der Waals surface area contributed by atoms with Crippen LogP contribution in [0.15, 0.2) is 53.4 Å². The number of sulfonamides is 1. The first-order chi connectivity index (χ1) is 15.7. The lowest BCUT2D eigenvalue weighted by Crippen LogP contribution is -2.30. The zero-order valence-electron chi connectivity index (χ0n) is 17.4. The number of aromatic nitrogens is 5. The molecule has 4 rings (SSSR count). The minimum atomic E-state index is -3.73. The maximum Gasteiger partial charge on any atom is 0.210 e. The second-order valence-corrected chi connectivity index (χ2v) is 8.94. The number of halogens is 2. The lowest BCUT2D eigenvalue weighted by molar-refractivity contribution is 0.421. The average molecular weight is 475 g/mol. The summed E-state index contributed by atoms with van der Waals surface area (Å²) < 4.78 is 57.5. The van der Waals surface area contributed by atoms with Gasteiger partial charge in [-0.05, 0) is 12.1 Å². The van der Waals surface area contributed by atoms with Crippen LogP contribution in [0.1, 0.15) is 5.56 Å². The predicted octanol–water partition coefficient (Wildman–Crippen LogP) is 2.05. The molecule has 1 aromatic carbocycles. The summed E-state index contributed by atoms with van der Waals surface area (Å²) in [6.45, 7) is 0.0231. The Labute approximate surface area is 187 Å². The Morgan fingerprint density at radius 2 is 1.94 bits per heavy atom. The Kier molecular flexibility index (Phi) is 6.16. The summed E-state index contributed by atoms with van der Waals surface area (Å²) in [6.07, 6.45) is 2.36. The van der Waals surface area contributed by atoms with Gasteiger partial charge in [0.15, 0.2) is 17.5 Å². The predicted molar refractivity (Wildman–Crippen MR) is 115 cm³/mol. The van der Waals surface area contributed by atoms with Crippen molar-refractivity contribution in [3.8, 4) is 22.9 Å². The molecule has 0 spiro atoms. The van der Waals surface area contributed by atoms with Crippen LogP contribution in [0.4, 0.5) is 14.6 Å². The van der Waals surface area contributed by atoms with Crippen molar-refractivity contribution in [3.05, 3.63) is 66.1 Å². The molecule has 2 N–H and O–H groups in total. The Bertz CT molecular complexity index is 1370. The highest BCUT2D eigenvalue weighted by atomic mass is 32.2. The molecule has 13 heteroatoms. The summed E-state index contributed by atoms with van der Waals surface area (Å²) in [7, 11) is -2.25. The maximum atomic E-state index is 14.4. The van der Waals surface area contributed by atoms with Crippen LogP contribution < -0.4 is 10.0 Å².